The van der Waals surface area contributed by atoms with Crippen LogP contribution in [0.5, 0.6) is 5.75 Å². The zero-order valence-corrected chi connectivity index (χ0v) is 17.0. The molecule has 0 spiro atoms. The Morgan fingerprint density at radius 1 is 1.29 bits per heavy atom. The van der Waals surface area contributed by atoms with Crippen LogP contribution in [0.25, 0.3) is 11.6 Å². The number of aromatic nitrogens is 1. The van der Waals surface area contributed by atoms with Gasteiger partial charge in [-0.2, -0.15) is 0 Å². The Labute approximate surface area is 168 Å². The highest BCUT2D eigenvalue weighted by atomic mass is 16.5. The van der Waals surface area contributed by atoms with Crippen LogP contribution in [-0.2, 0) is 4.74 Å². The number of hydrogen-bond acceptors (Lipinski definition) is 3. The van der Waals surface area contributed by atoms with Crippen LogP contribution in [0.15, 0.2) is 60.3 Å². The van der Waals surface area contributed by atoms with Crippen molar-refractivity contribution < 1.29 is 9.84 Å². The minimum Gasteiger partial charge on any atom is -0.507 e. The second kappa shape index (κ2) is 9.03. The van der Waals surface area contributed by atoms with Gasteiger partial charge in [-0.3, -0.25) is 4.98 Å². The van der Waals surface area contributed by atoms with E-state index in [9.17, 15) is 5.11 Å². The number of hydrogen-bond donors (Lipinski definition) is 1. The standard InChI is InChI=1S/C25H29NO2/c1-5-17(2)22-11-13-28-24(22)10-9-21(23-8-6-7-12-26-23)16-20-14-18(3)25(27)19(4)15-20/h6-8,11-12,14-16,24,27H,2,5,9-10,13H2,1,3-4H3/b21-16-. The van der Waals surface area contributed by atoms with Gasteiger partial charge in [-0.15, -0.1) is 0 Å². The third-order valence-electron chi connectivity index (χ3n) is 5.31. The fraction of sp³-hybridized carbons (Fsp3) is 0.320. The molecule has 0 fully saturated rings. The molecule has 0 saturated heterocycles. The van der Waals surface area contributed by atoms with Gasteiger partial charge in [-0.1, -0.05) is 25.6 Å². The lowest BCUT2D eigenvalue weighted by Gasteiger charge is -2.17. The summed E-state index contributed by atoms with van der Waals surface area (Å²) in [4.78, 5) is 4.56. The van der Waals surface area contributed by atoms with E-state index >= 15 is 0 Å². The molecule has 0 amide bonds. The fourth-order valence-corrected chi connectivity index (χ4v) is 3.68. The monoisotopic (exact) mass is 375 g/mol. The molecular weight excluding hydrogens is 346 g/mol. The molecule has 3 heteroatoms. The number of pyridine rings is 1. The van der Waals surface area contributed by atoms with Gasteiger partial charge < -0.3 is 9.84 Å². The van der Waals surface area contributed by atoms with Gasteiger partial charge in [0.25, 0.3) is 0 Å². The van der Waals surface area contributed by atoms with Crippen molar-refractivity contribution in [1.29, 1.82) is 0 Å². The number of allylic oxidation sites excluding steroid dienone is 1. The van der Waals surface area contributed by atoms with E-state index in [1.807, 2.05) is 50.4 Å². The van der Waals surface area contributed by atoms with E-state index in [2.05, 4.69) is 30.6 Å². The Morgan fingerprint density at radius 2 is 2.04 bits per heavy atom. The highest BCUT2D eigenvalue weighted by molar-refractivity contribution is 5.80. The van der Waals surface area contributed by atoms with Gasteiger partial charge in [-0.25, -0.2) is 0 Å². The van der Waals surface area contributed by atoms with Gasteiger partial charge in [0.15, 0.2) is 0 Å². The maximum absolute atomic E-state index is 10.1. The number of nitrogens with zero attached hydrogens (tertiary/aromatic N) is 1. The summed E-state index contributed by atoms with van der Waals surface area (Å²) in [5, 5.41) is 10.1. The van der Waals surface area contributed by atoms with Gasteiger partial charge in [0, 0.05) is 6.20 Å². The van der Waals surface area contributed by atoms with Crippen LogP contribution in [0.1, 0.15) is 48.6 Å². The fourth-order valence-electron chi connectivity index (χ4n) is 3.68. The van der Waals surface area contributed by atoms with Crippen LogP contribution in [0.2, 0.25) is 0 Å². The Kier molecular flexibility index (Phi) is 6.48. The number of aryl methyl sites for hydroxylation is 2. The normalized spacial score (nSPS) is 16.9. The number of phenols is 1. The predicted octanol–water partition coefficient (Wildman–Crippen LogP) is 6.02. The average Bonchev–Trinajstić information content (AvgIpc) is 3.18. The van der Waals surface area contributed by atoms with Gasteiger partial charge in [-0.05, 0) is 96.9 Å². The van der Waals surface area contributed by atoms with Crippen molar-refractivity contribution in [2.75, 3.05) is 6.61 Å². The molecule has 0 bridgehead atoms. The second-order valence-corrected chi connectivity index (χ2v) is 7.37. The second-order valence-electron chi connectivity index (χ2n) is 7.37. The molecule has 0 radical (unpaired) electrons. The van der Waals surface area contributed by atoms with Crippen LogP contribution in [0.4, 0.5) is 0 Å². The summed E-state index contributed by atoms with van der Waals surface area (Å²) in [6, 6.07) is 10.0. The Morgan fingerprint density at radius 3 is 2.68 bits per heavy atom. The molecule has 3 nitrogen and oxygen atoms in total. The number of benzene rings is 1. The lowest BCUT2D eigenvalue weighted by Crippen LogP contribution is -2.11. The molecule has 2 heterocycles. The zero-order valence-electron chi connectivity index (χ0n) is 17.0. The summed E-state index contributed by atoms with van der Waals surface area (Å²) in [5.41, 5.74) is 7.40. The van der Waals surface area contributed by atoms with E-state index in [1.165, 1.54) is 11.1 Å². The molecule has 146 valence electrons. The van der Waals surface area contributed by atoms with Crippen LogP contribution in [0.3, 0.4) is 0 Å². The van der Waals surface area contributed by atoms with Gasteiger partial charge in [0.05, 0.1) is 18.4 Å². The maximum Gasteiger partial charge on any atom is 0.121 e. The van der Waals surface area contributed by atoms with E-state index in [0.717, 1.165) is 47.2 Å². The minimum absolute atomic E-state index is 0.0999. The molecule has 1 N–H and O–H groups in total. The summed E-state index contributed by atoms with van der Waals surface area (Å²) < 4.78 is 5.94. The molecule has 0 saturated carbocycles. The molecule has 1 aliphatic rings. The first-order chi connectivity index (χ1) is 13.5. The minimum atomic E-state index is 0.0999. The van der Waals surface area contributed by atoms with E-state index in [0.29, 0.717) is 12.4 Å². The van der Waals surface area contributed by atoms with Crippen molar-refractivity contribution in [1.82, 2.24) is 4.98 Å². The van der Waals surface area contributed by atoms with Crippen LogP contribution < -0.4 is 0 Å². The van der Waals surface area contributed by atoms with Crippen molar-refractivity contribution in [3.8, 4) is 5.75 Å². The Balaban J connectivity index is 1.87. The van der Waals surface area contributed by atoms with E-state index < -0.39 is 0 Å². The number of ether oxygens (including phenoxy) is 1. The summed E-state index contributed by atoms with van der Waals surface area (Å²) in [5.74, 6) is 0.365. The Bertz CT molecular complexity index is 886. The zero-order chi connectivity index (χ0) is 20.1. The molecule has 28 heavy (non-hydrogen) atoms. The first-order valence-electron chi connectivity index (χ1n) is 9.91. The van der Waals surface area contributed by atoms with Gasteiger partial charge in [0.1, 0.15) is 5.75 Å². The maximum atomic E-state index is 10.1. The molecule has 3 rings (SSSR count). The molecule has 1 aliphatic heterocycles. The first-order valence-corrected chi connectivity index (χ1v) is 9.91. The molecule has 2 aromatic rings. The van der Waals surface area contributed by atoms with Crippen molar-refractivity contribution >= 4 is 11.6 Å². The molecule has 1 atom stereocenters. The average molecular weight is 376 g/mol. The smallest absolute Gasteiger partial charge is 0.121 e. The quantitative estimate of drug-likeness (QED) is 0.644. The summed E-state index contributed by atoms with van der Waals surface area (Å²) >= 11 is 0. The van der Waals surface area contributed by atoms with E-state index in [1.54, 1.807) is 0 Å². The highest BCUT2D eigenvalue weighted by Crippen LogP contribution is 2.31. The SMILES string of the molecule is C=C(CC)C1=CCOC1CC/C(=C/c1cc(C)c(O)c(C)c1)c1ccccn1. The third kappa shape index (κ3) is 4.60. The van der Waals surface area contributed by atoms with Crippen LogP contribution in [-0.4, -0.2) is 22.8 Å². The molecule has 1 aromatic heterocycles. The van der Waals surface area contributed by atoms with Crippen molar-refractivity contribution in [3.05, 3.63) is 82.7 Å². The Hall–Kier alpha value is -2.65. The molecule has 1 aromatic carbocycles. The first kappa shape index (κ1) is 20.1. The third-order valence-corrected chi connectivity index (χ3v) is 5.31. The van der Waals surface area contributed by atoms with Crippen molar-refractivity contribution in [2.45, 2.75) is 46.1 Å². The largest absolute Gasteiger partial charge is 0.507 e. The number of phenolic OH excluding ortho intramolecular Hbond substituents is 1. The molecular formula is C25H29NO2. The van der Waals surface area contributed by atoms with E-state index in [-0.39, 0.29) is 6.10 Å². The lowest BCUT2D eigenvalue weighted by atomic mass is 9.94. The number of aromatic hydroxyl groups is 1. The highest BCUT2D eigenvalue weighted by Gasteiger charge is 2.22. The van der Waals surface area contributed by atoms with Gasteiger partial charge in [0.2, 0.25) is 0 Å². The number of rotatable bonds is 7. The summed E-state index contributed by atoms with van der Waals surface area (Å²) in [6.07, 6.45) is 8.95. The summed E-state index contributed by atoms with van der Waals surface area (Å²) in [6.45, 7) is 10.8. The summed E-state index contributed by atoms with van der Waals surface area (Å²) in [7, 11) is 0. The van der Waals surface area contributed by atoms with Crippen molar-refractivity contribution in [3.63, 3.8) is 0 Å². The van der Waals surface area contributed by atoms with Crippen molar-refractivity contribution in [2.24, 2.45) is 0 Å². The van der Waals surface area contributed by atoms with Crippen LogP contribution >= 0.6 is 0 Å². The van der Waals surface area contributed by atoms with E-state index in [4.69, 9.17) is 4.74 Å². The molecule has 1 unspecified atom stereocenters. The van der Waals surface area contributed by atoms with Crippen LogP contribution in [0, 0.1) is 13.8 Å². The molecule has 0 aliphatic carbocycles. The van der Waals surface area contributed by atoms with Gasteiger partial charge >= 0.3 is 0 Å². The lowest BCUT2D eigenvalue weighted by molar-refractivity contribution is 0.117. The topological polar surface area (TPSA) is 42.4 Å². The predicted molar refractivity (Wildman–Crippen MR) is 116 cm³/mol.